The standard InChI is InChI=1S/C7H8ClN3O3/c8-6-10-3-5(4-11-6)14-2-1-9-7(12)13/h3-4,9H,1-2H2,(H,12,13). The van der Waals surface area contributed by atoms with Gasteiger partial charge in [0.1, 0.15) is 6.61 Å². The fourth-order valence-corrected chi connectivity index (χ4v) is 0.799. The molecule has 0 aliphatic heterocycles. The van der Waals surface area contributed by atoms with Crippen LogP contribution in [0, 0.1) is 0 Å². The molecule has 0 unspecified atom stereocenters. The second kappa shape index (κ2) is 5.23. The molecular weight excluding hydrogens is 210 g/mol. The van der Waals surface area contributed by atoms with Crippen LogP contribution in [0.2, 0.25) is 5.28 Å². The first-order valence-electron chi connectivity index (χ1n) is 3.75. The van der Waals surface area contributed by atoms with Crippen LogP contribution < -0.4 is 10.1 Å². The van der Waals surface area contributed by atoms with Crippen LogP contribution >= 0.6 is 11.6 Å². The number of aromatic nitrogens is 2. The molecule has 0 atom stereocenters. The van der Waals surface area contributed by atoms with E-state index in [2.05, 4.69) is 15.3 Å². The molecule has 0 saturated heterocycles. The van der Waals surface area contributed by atoms with Gasteiger partial charge >= 0.3 is 6.09 Å². The lowest BCUT2D eigenvalue weighted by Gasteiger charge is -2.04. The van der Waals surface area contributed by atoms with Crippen molar-refractivity contribution in [3.8, 4) is 5.75 Å². The molecule has 0 aliphatic rings. The predicted octanol–water partition coefficient (Wildman–Crippen LogP) is 0.776. The molecule has 7 heteroatoms. The summed E-state index contributed by atoms with van der Waals surface area (Å²) in [6, 6.07) is 0. The molecule has 0 aromatic carbocycles. The summed E-state index contributed by atoms with van der Waals surface area (Å²) in [7, 11) is 0. The maximum absolute atomic E-state index is 10.0. The molecule has 2 N–H and O–H groups in total. The summed E-state index contributed by atoms with van der Waals surface area (Å²) < 4.78 is 5.10. The van der Waals surface area contributed by atoms with E-state index in [1.807, 2.05) is 0 Å². The first kappa shape index (κ1) is 10.5. The van der Waals surface area contributed by atoms with Crippen LogP contribution in [-0.2, 0) is 0 Å². The quantitative estimate of drug-likeness (QED) is 0.575. The SMILES string of the molecule is O=C(O)NCCOc1cnc(Cl)nc1. The van der Waals surface area contributed by atoms with Crippen molar-refractivity contribution in [2.75, 3.05) is 13.2 Å². The number of amides is 1. The van der Waals surface area contributed by atoms with E-state index < -0.39 is 6.09 Å². The third-order valence-corrected chi connectivity index (χ3v) is 1.44. The van der Waals surface area contributed by atoms with Gasteiger partial charge in [0.2, 0.25) is 5.28 Å². The lowest BCUT2D eigenvalue weighted by atomic mass is 10.6. The van der Waals surface area contributed by atoms with Gasteiger partial charge in [0.05, 0.1) is 18.9 Å². The number of nitrogens with zero attached hydrogens (tertiary/aromatic N) is 2. The maximum atomic E-state index is 10.0. The van der Waals surface area contributed by atoms with Crippen molar-refractivity contribution in [3.05, 3.63) is 17.7 Å². The summed E-state index contributed by atoms with van der Waals surface area (Å²) in [4.78, 5) is 17.4. The summed E-state index contributed by atoms with van der Waals surface area (Å²) in [6.07, 6.45) is 1.74. The molecule has 76 valence electrons. The minimum atomic E-state index is -1.08. The largest absolute Gasteiger partial charge is 0.489 e. The Bertz CT molecular complexity index is 304. The van der Waals surface area contributed by atoms with Crippen LogP contribution in [0.4, 0.5) is 4.79 Å². The summed E-state index contributed by atoms with van der Waals surface area (Å²) in [5.74, 6) is 0.446. The minimum Gasteiger partial charge on any atom is -0.489 e. The molecule has 0 saturated carbocycles. The molecule has 0 spiro atoms. The van der Waals surface area contributed by atoms with Crippen LogP contribution in [0.3, 0.4) is 0 Å². The van der Waals surface area contributed by atoms with Crippen LogP contribution in [0.25, 0.3) is 0 Å². The van der Waals surface area contributed by atoms with Crippen molar-refractivity contribution in [2.45, 2.75) is 0 Å². The molecule has 14 heavy (non-hydrogen) atoms. The van der Waals surface area contributed by atoms with Gasteiger partial charge in [-0.05, 0) is 11.6 Å². The maximum Gasteiger partial charge on any atom is 0.404 e. The minimum absolute atomic E-state index is 0.140. The summed E-state index contributed by atoms with van der Waals surface area (Å²) in [6.45, 7) is 0.426. The van der Waals surface area contributed by atoms with E-state index in [1.54, 1.807) is 0 Å². The van der Waals surface area contributed by atoms with E-state index in [0.717, 1.165) is 0 Å². The number of rotatable bonds is 4. The van der Waals surface area contributed by atoms with Gasteiger partial charge in [0.25, 0.3) is 0 Å². The highest BCUT2D eigenvalue weighted by Crippen LogP contribution is 2.07. The average molecular weight is 218 g/mol. The lowest BCUT2D eigenvalue weighted by molar-refractivity contribution is 0.191. The molecule has 1 aromatic rings. The van der Waals surface area contributed by atoms with Gasteiger partial charge in [-0.25, -0.2) is 14.8 Å². The van der Waals surface area contributed by atoms with Gasteiger partial charge in [-0.15, -0.1) is 0 Å². The lowest BCUT2D eigenvalue weighted by Crippen LogP contribution is -2.26. The zero-order valence-electron chi connectivity index (χ0n) is 7.11. The smallest absolute Gasteiger partial charge is 0.404 e. The van der Waals surface area contributed by atoms with Crippen molar-refractivity contribution in [1.82, 2.24) is 15.3 Å². The molecule has 0 bridgehead atoms. The number of carboxylic acid groups (broad SMARTS) is 1. The van der Waals surface area contributed by atoms with Crippen molar-refractivity contribution in [2.24, 2.45) is 0 Å². The van der Waals surface area contributed by atoms with Gasteiger partial charge in [0, 0.05) is 0 Å². The van der Waals surface area contributed by atoms with Gasteiger partial charge < -0.3 is 15.2 Å². The van der Waals surface area contributed by atoms with E-state index in [0.29, 0.717) is 5.75 Å². The molecule has 0 radical (unpaired) electrons. The second-order valence-corrected chi connectivity index (χ2v) is 2.61. The van der Waals surface area contributed by atoms with Crippen molar-refractivity contribution in [3.63, 3.8) is 0 Å². The number of nitrogens with one attached hydrogen (secondary N) is 1. The molecule has 1 amide bonds. The van der Waals surface area contributed by atoms with Crippen LogP contribution in [0.5, 0.6) is 5.75 Å². The fraction of sp³-hybridized carbons (Fsp3) is 0.286. The molecular formula is C7H8ClN3O3. The molecule has 6 nitrogen and oxygen atoms in total. The van der Waals surface area contributed by atoms with Crippen LogP contribution in [0.1, 0.15) is 0 Å². The van der Waals surface area contributed by atoms with E-state index >= 15 is 0 Å². The Kier molecular flexibility index (Phi) is 3.93. The molecule has 0 fully saturated rings. The monoisotopic (exact) mass is 217 g/mol. The van der Waals surface area contributed by atoms with Gasteiger partial charge in [-0.2, -0.15) is 0 Å². The topological polar surface area (TPSA) is 84.3 Å². The van der Waals surface area contributed by atoms with E-state index in [9.17, 15) is 4.79 Å². The van der Waals surface area contributed by atoms with Gasteiger partial charge in [0.15, 0.2) is 5.75 Å². The van der Waals surface area contributed by atoms with E-state index in [1.165, 1.54) is 12.4 Å². The normalized spacial score (nSPS) is 9.50. The van der Waals surface area contributed by atoms with Crippen molar-refractivity contribution >= 4 is 17.7 Å². The Labute approximate surface area is 84.9 Å². The summed E-state index contributed by atoms with van der Waals surface area (Å²) in [5, 5.41) is 10.5. The average Bonchev–Trinajstić information content (AvgIpc) is 2.15. The van der Waals surface area contributed by atoms with Crippen molar-refractivity contribution < 1.29 is 14.6 Å². The zero-order valence-corrected chi connectivity index (χ0v) is 7.86. The fourth-order valence-electron chi connectivity index (χ4n) is 0.702. The Morgan fingerprint density at radius 2 is 2.21 bits per heavy atom. The summed E-state index contributed by atoms with van der Waals surface area (Å²) >= 11 is 5.45. The number of hydrogen-bond donors (Lipinski definition) is 2. The Morgan fingerprint density at radius 3 is 2.79 bits per heavy atom. The molecule has 0 aliphatic carbocycles. The summed E-state index contributed by atoms with van der Waals surface area (Å²) in [5.41, 5.74) is 0. The van der Waals surface area contributed by atoms with Gasteiger partial charge in [-0.3, -0.25) is 0 Å². The molecule has 1 aromatic heterocycles. The number of hydrogen-bond acceptors (Lipinski definition) is 4. The first-order chi connectivity index (χ1) is 6.68. The molecule has 1 heterocycles. The first-order valence-corrected chi connectivity index (χ1v) is 4.13. The number of ether oxygens (including phenoxy) is 1. The third-order valence-electron chi connectivity index (χ3n) is 1.24. The number of halogens is 1. The predicted molar refractivity (Wildman–Crippen MR) is 48.6 cm³/mol. The molecule has 1 rings (SSSR count). The van der Waals surface area contributed by atoms with Crippen LogP contribution in [-0.4, -0.2) is 34.3 Å². The Morgan fingerprint density at radius 1 is 1.57 bits per heavy atom. The number of carbonyl (C=O) groups is 1. The zero-order chi connectivity index (χ0) is 10.4. The van der Waals surface area contributed by atoms with E-state index in [-0.39, 0.29) is 18.4 Å². The highest BCUT2D eigenvalue weighted by molar-refractivity contribution is 6.28. The third kappa shape index (κ3) is 3.90. The van der Waals surface area contributed by atoms with Crippen LogP contribution in [0.15, 0.2) is 12.4 Å². The van der Waals surface area contributed by atoms with E-state index in [4.69, 9.17) is 21.4 Å². The highest BCUT2D eigenvalue weighted by atomic mass is 35.5. The highest BCUT2D eigenvalue weighted by Gasteiger charge is 1.96. The van der Waals surface area contributed by atoms with Gasteiger partial charge in [-0.1, -0.05) is 0 Å². The Balaban J connectivity index is 2.25. The second-order valence-electron chi connectivity index (χ2n) is 2.27. The van der Waals surface area contributed by atoms with Crippen molar-refractivity contribution in [1.29, 1.82) is 0 Å². The Hall–Kier alpha value is -1.56.